The third kappa shape index (κ3) is 5.79. The van der Waals surface area contributed by atoms with Crippen molar-refractivity contribution < 1.29 is 9.53 Å². The molecule has 0 aromatic rings. The van der Waals surface area contributed by atoms with Crippen LogP contribution in [-0.2, 0) is 4.74 Å². The fourth-order valence-corrected chi connectivity index (χ4v) is 3.91. The summed E-state index contributed by atoms with van der Waals surface area (Å²) in [5, 5.41) is 6.87. The third-order valence-corrected chi connectivity index (χ3v) is 5.00. The number of carbonyl (C=O) groups is 1. The van der Waals surface area contributed by atoms with Crippen LogP contribution in [0.4, 0.5) is 4.79 Å². The van der Waals surface area contributed by atoms with Gasteiger partial charge in [-0.2, -0.15) is 0 Å². The number of carbonyl (C=O) groups excluding carboxylic acids is 1. The van der Waals surface area contributed by atoms with E-state index in [9.17, 15) is 4.79 Å². The Morgan fingerprint density at radius 3 is 2.32 bits per heavy atom. The third-order valence-electron chi connectivity index (χ3n) is 5.00. The van der Waals surface area contributed by atoms with Crippen LogP contribution in [0.25, 0.3) is 0 Å². The minimum atomic E-state index is -0.423. The second-order valence-corrected chi connectivity index (χ2v) is 8.21. The first kappa shape index (κ1) is 17.6. The molecule has 2 rings (SSSR count). The van der Waals surface area contributed by atoms with Gasteiger partial charge in [0.2, 0.25) is 0 Å². The Labute approximate surface area is 135 Å². The number of hydrogen-bond donors (Lipinski definition) is 2. The average Bonchev–Trinajstić information content (AvgIpc) is 2.90. The van der Waals surface area contributed by atoms with Crippen LogP contribution in [0.1, 0.15) is 79.1 Å². The number of alkyl carbamates (subject to hydrolysis) is 1. The van der Waals surface area contributed by atoms with Crippen molar-refractivity contribution >= 4 is 6.09 Å². The van der Waals surface area contributed by atoms with E-state index in [0.29, 0.717) is 12.1 Å². The Morgan fingerprint density at radius 1 is 1.05 bits per heavy atom. The van der Waals surface area contributed by atoms with Gasteiger partial charge in [-0.3, -0.25) is 0 Å². The van der Waals surface area contributed by atoms with Crippen LogP contribution in [0.15, 0.2) is 0 Å². The van der Waals surface area contributed by atoms with Gasteiger partial charge in [-0.1, -0.05) is 12.8 Å². The van der Waals surface area contributed by atoms with Crippen LogP contribution >= 0.6 is 0 Å². The molecule has 0 aromatic carbocycles. The molecule has 4 nitrogen and oxygen atoms in total. The van der Waals surface area contributed by atoms with Crippen molar-refractivity contribution in [3.05, 3.63) is 0 Å². The smallest absolute Gasteiger partial charge is 0.407 e. The van der Waals surface area contributed by atoms with Crippen molar-refractivity contribution in [3.8, 4) is 0 Å². The Morgan fingerprint density at radius 2 is 1.68 bits per heavy atom. The van der Waals surface area contributed by atoms with Gasteiger partial charge in [-0.15, -0.1) is 0 Å². The standard InChI is InChI=1S/C18H34N2O2/c1-13(14-8-5-6-9-14)19-15-10-7-11-16(12-15)20-17(21)22-18(2,3)4/h13-16,19H,5-12H2,1-4H3,(H,20,21). The zero-order chi connectivity index (χ0) is 16.2. The summed E-state index contributed by atoms with van der Waals surface area (Å²) in [5.41, 5.74) is -0.423. The summed E-state index contributed by atoms with van der Waals surface area (Å²) < 4.78 is 5.37. The predicted molar refractivity (Wildman–Crippen MR) is 90.0 cm³/mol. The number of nitrogens with one attached hydrogen (secondary N) is 2. The van der Waals surface area contributed by atoms with Crippen molar-refractivity contribution in [1.82, 2.24) is 10.6 Å². The van der Waals surface area contributed by atoms with Crippen molar-refractivity contribution in [3.63, 3.8) is 0 Å². The molecule has 22 heavy (non-hydrogen) atoms. The fraction of sp³-hybridized carbons (Fsp3) is 0.944. The Balaban J connectivity index is 1.75. The lowest BCUT2D eigenvalue weighted by Crippen LogP contribution is -2.48. The van der Waals surface area contributed by atoms with E-state index in [4.69, 9.17) is 4.74 Å². The molecule has 0 spiro atoms. The first-order valence-corrected chi connectivity index (χ1v) is 9.09. The zero-order valence-corrected chi connectivity index (χ0v) is 14.8. The minimum absolute atomic E-state index is 0.247. The summed E-state index contributed by atoms with van der Waals surface area (Å²) in [6, 6.07) is 1.38. The molecule has 2 N–H and O–H groups in total. The largest absolute Gasteiger partial charge is 0.444 e. The van der Waals surface area contributed by atoms with Crippen LogP contribution in [-0.4, -0.2) is 29.8 Å². The topological polar surface area (TPSA) is 50.4 Å². The highest BCUT2D eigenvalue weighted by Crippen LogP contribution is 2.29. The van der Waals surface area contributed by atoms with Crippen molar-refractivity contribution in [2.75, 3.05) is 0 Å². The summed E-state index contributed by atoms with van der Waals surface area (Å²) in [5.74, 6) is 0.846. The Kier molecular flexibility index (Phi) is 6.13. The quantitative estimate of drug-likeness (QED) is 0.825. The maximum absolute atomic E-state index is 11.9. The van der Waals surface area contributed by atoms with Gasteiger partial charge >= 0.3 is 6.09 Å². The van der Waals surface area contributed by atoms with Gasteiger partial charge < -0.3 is 15.4 Å². The first-order chi connectivity index (χ1) is 10.3. The molecule has 0 bridgehead atoms. The van der Waals surface area contributed by atoms with Crippen molar-refractivity contribution in [2.24, 2.45) is 5.92 Å². The van der Waals surface area contributed by atoms with E-state index in [1.165, 1.54) is 38.5 Å². The molecular formula is C18H34N2O2. The van der Waals surface area contributed by atoms with Gasteiger partial charge in [0.25, 0.3) is 0 Å². The van der Waals surface area contributed by atoms with E-state index in [2.05, 4.69) is 17.6 Å². The lowest BCUT2D eigenvalue weighted by Gasteiger charge is -2.34. The first-order valence-electron chi connectivity index (χ1n) is 9.09. The van der Waals surface area contributed by atoms with Crippen LogP contribution in [0.2, 0.25) is 0 Å². The molecule has 2 aliphatic carbocycles. The second kappa shape index (κ2) is 7.67. The average molecular weight is 310 g/mol. The molecule has 1 amide bonds. The summed E-state index contributed by atoms with van der Waals surface area (Å²) in [4.78, 5) is 11.9. The van der Waals surface area contributed by atoms with E-state index in [0.717, 1.165) is 18.8 Å². The molecule has 2 aliphatic rings. The van der Waals surface area contributed by atoms with Gasteiger partial charge in [0, 0.05) is 18.1 Å². The van der Waals surface area contributed by atoms with Gasteiger partial charge in [-0.05, 0) is 72.1 Å². The van der Waals surface area contributed by atoms with Crippen LogP contribution in [0.3, 0.4) is 0 Å². The zero-order valence-electron chi connectivity index (χ0n) is 14.8. The monoisotopic (exact) mass is 310 g/mol. The van der Waals surface area contributed by atoms with Gasteiger partial charge in [0.05, 0.1) is 0 Å². The summed E-state index contributed by atoms with van der Waals surface area (Å²) in [6.07, 6.45) is 9.75. The number of amides is 1. The molecule has 0 aromatic heterocycles. The van der Waals surface area contributed by atoms with E-state index in [1.807, 2.05) is 20.8 Å². The van der Waals surface area contributed by atoms with Gasteiger partial charge in [-0.25, -0.2) is 4.79 Å². The van der Waals surface area contributed by atoms with Crippen LogP contribution in [0, 0.1) is 5.92 Å². The number of hydrogen-bond acceptors (Lipinski definition) is 3. The molecule has 2 saturated carbocycles. The molecular weight excluding hydrogens is 276 g/mol. The molecule has 3 unspecified atom stereocenters. The Bertz CT molecular complexity index is 359. The molecule has 0 saturated heterocycles. The van der Waals surface area contributed by atoms with Crippen molar-refractivity contribution in [1.29, 1.82) is 0 Å². The lowest BCUT2D eigenvalue weighted by molar-refractivity contribution is 0.0487. The SMILES string of the molecule is CC(NC1CCCC(NC(=O)OC(C)(C)C)C1)C1CCCC1. The highest BCUT2D eigenvalue weighted by atomic mass is 16.6. The molecule has 0 heterocycles. The van der Waals surface area contributed by atoms with E-state index in [-0.39, 0.29) is 12.1 Å². The molecule has 3 atom stereocenters. The fourth-order valence-electron chi connectivity index (χ4n) is 3.91. The minimum Gasteiger partial charge on any atom is -0.444 e. The summed E-state index contributed by atoms with van der Waals surface area (Å²) in [7, 11) is 0. The molecule has 4 heteroatoms. The van der Waals surface area contributed by atoms with E-state index in [1.54, 1.807) is 0 Å². The van der Waals surface area contributed by atoms with E-state index >= 15 is 0 Å². The summed E-state index contributed by atoms with van der Waals surface area (Å²) >= 11 is 0. The molecule has 128 valence electrons. The molecule has 2 fully saturated rings. The highest BCUT2D eigenvalue weighted by Gasteiger charge is 2.28. The molecule has 0 aliphatic heterocycles. The maximum atomic E-state index is 11.9. The lowest BCUT2D eigenvalue weighted by atomic mass is 9.89. The maximum Gasteiger partial charge on any atom is 0.407 e. The highest BCUT2D eigenvalue weighted by molar-refractivity contribution is 5.68. The summed E-state index contributed by atoms with van der Waals surface area (Å²) in [6.45, 7) is 8.05. The van der Waals surface area contributed by atoms with Crippen LogP contribution < -0.4 is 10.6 Å². The Hall–Kier alpha value is -0.770. The second-order valence-electron chi connectivity index (χ2n) is 8.21. The number of rotatable bonds is 4. The number of ether oxygens (including phenoxy) is 1. The van der Waals surface area contributed by atoms with Crippen molar-refractivity contribution in [2.45, 2.75) is 103 Å². The van der Waals surface area contributed by atoms with Gasteiger partial charge in [0.15, 0.2) is 0 Å². The van der Waals surface area contributed by atoms with E-state index < -0.39 is 5.60 Å². The molecule has 0 radical (unpaired) electrons. The van der Waals surface area contributed by atoms with Gasteiger partial charge in [0.1, 0.15) is 5.60 Å². The normalized spacial score (nSPS) is 28.4. The predicted octanol–water partition coefficient (Wildman–Crippen LogP) is 3.99. The van der Waals surface area contributed by atoms with Crippen LogP contribution in [0.5, 0.6) is 0 Å².